The summed E-state index contributed by atoms with van der Waals surface area (Å²) in [6, 6.07) is 5.09. The summed E-state index contributed by atoms with van der Waals surface area (Å²) < 4.78 is 10.3. The number of amides is 1. The van der Waals surface area contributed by atoms with Gasteiger partial charge in [0.05, 0.1) is 20.4 Å². The van der Waals surface area contributed by atoms with Gasteiger partial charge in [0.15, 0.2) is 0 Å². The highest BCUT2D eigenvalue weighted by atomic mass is 16.5. The van der Waals surface area contributed by atoms with Crippen LogP contribution in [0.5, 0.6) is 11.5 Å². The van der Waals surface area contributed by atoms with Crippen LogP contribution < -0.4 is 14.8 Å². The number of benzene rings is 1. The molecule has 0 saturated heterocycles. The van der Waals surface area contributed by atoms with E-state index in [4.69, 9.17) is 9.47 Å². The van der Waals surface area contributed by atoms with Crippen molar-refractivity contribution in [1.82, 2.24) is 15.3 Å². The van der Waals surface area contributed by atoms with Gasteiger partial charge in [-0.25, -0.2) is 4.98 Å². The van der Waals surface area contributed by atoms with Crippen molar-refractivity contribution in [2.75, 3.05) is 20.8 Å². The van der Waals surface area contributed by atoms with E-state index in [1.54, 1.807) is 18.2 Å². The third-order valence-electron chi connectivity index (χ3n) is 3.05. The van der Waals surface area contributed by atoms with E-state index < -0.39 is 12.0 Å². The lowest BCUT2D eigenvalue weighted by atomic mass is 10.1. The third-order valence-corrected chi connectivity index (χ3v) is 3.05. The third kappa shape index (κ3) is 3.70. The van der Waals surface area contributed by atoms with Crippen LogP contribution in [0.3, 0.4) is 0 Å². The number of nitrogens with zero attached hydrogens (tertiary/aromatic N) is 2. The summed E-state index contributed by atoms with van der Waals surface area (Å²) in [5.74, 6) is 0.700. The van der Waals surface area contributed by atoms with Crippen LogP contribution in [0.15, 0.2) is 36.8 Å². The molecule has 1 heterocycles. The molecule has 0 aliphatic heterocycles. The molecule has 1 aromatic heterocycles. The number of aliphatic hydroxyl groups excluding tert-OH is 1. The molecule has 0 fully saturated rings. The van der Waals surface area contributed by atoms with E-state index in [0.717, 1.165) is 0 Å². The molecule has 0 spiro atoms. The molecule has 22 heavy (non-hydrogen) atoms. The van der Waals surface area contributed by atoms with E-state index in [2.05, 4.69) is 15.3 Å². The van der Waals surface area contributed by atoms with Crippen molar-refractivity contribution in [2.24, 2.45) is 0 Å². The average molecular weight is 303 g/mol. The number of ether oxygens (including phenoxy) is 2. The first-order valence-corrected chi connectivity index (χ1v) is 6.60. The van der Waals surface area contributed by atoms with E-state index >= 15 is 0 Å². The largest absolute Gasteiger partial charge is 0.497 e. The molecule has 116 valence electrons. The van der Waals surface area contributed by atoms with Gasteiger partial charge in [0.2, 0.25) is 0 Å². The number of rotatable bonds is 6. The average Bonchev–Trinajstić information content (AvgIpc) is 2.59. The standard InChI is InChI=1S/C15H17N3O4/c1-21-10-3-4-14(22-2)11(7-10)13(19)9-18-15(20)12-8-16-5-6-17-12/h3-8,13,19H,9H2,1-2H3,(H,18,20). The maximum absolute atomic E-state index is 11.9. The van der Waals surface area contributed by atoms with Gasteiger partial charge in [-0.1, -0.05) is 0 Å². The number of carbonyl (C=O) groups is 1. The Labute approximate surface area is 127 Å². The van der Waals surface area contributed by atoms with Crippen molar-refractivity contribution >= 4 is 5.91 Å². The van der Waals surface area contributed by atoms with Gasteiger partial charge < -0.3 is 19.9 Å². The number of aromatic nitrogens is 2. The number of hydrogen-bond donors (Lipinski definition) is 2. The lowest BCUT2D eigenvalue weighted by Crippen LogP contribution is -2.29. The van der Waals surface area contributed by atoms with E-state index in [9.17, 15) is 9.90 Å². The van der Waals surface area contributed by atoms with Crippen LogP contribution in [0.25, 0.3) is 0 Å². The van der Waals surface area contributed by atoms with E-state index in [-0.39, 0.29) is 12.2 Å². The molecular weight excluding hydrogens is 286 g/mol. The SMILES string of the molecule is COc1ccc(OC)c(C(O)CNC(=O)c2cnccn2)c1. The van der Waals surface area contributed by atoms with Crippen LogP contribution in [0.1, 0.15) is 22.2 Å². The lowest BCUT2D eigenvalue weighted by molar-refractivity contribution is 0.0909. The second kappa shape index (κ2) is 7.37. The van der Waals surface area contributed by atoms with Crippen molar-refractivity contribution in [3.63, 3.8) is 0 Å². The summed E-state index contributed by atoms with van der Waals surface area (Å²) in [4.78, 5) is 19.6. The molecule has 1 aromatic carbocycles. The van der Waals surface area contributed by atoms with Crippen molar-refractivity contribution in [2.45, 2.75) is 6.10 Å². The predicted molar refractivity (Wildman–Crippen MR) is 78.9 cm³/mol. The molecule has 0 radical (unpaired) electrons. The summed E-state index contributed by atoms with van der Waals surface area (Å²) in [6.07, 6.45) is 3.32. The fourth-order valence-corrected chi connectivity index (χ4v) is 1.91. The van der Waals surface area contributed by atoms with Gasteiger partial charge in [0.25, 0.3) is 5.91 Å². The van der Waals surface area contributed by atoms with Crippen molar-refractivity contribution in [1.29, 1.82) is 0 Å². The predicted octanol–water partition coefficient (Wildman–Crippen LogP) is 0.957. The summed E-state index contributed by atoms with van der Waals surface area (Å²) >= 11 is 0. The zero-order valence-corrected chi connectivity index (χ0v) is 12.3. The molecule has 2 rings (SSSR count). The van der Waals surface area contributed by atoms with Gasteiger partial charge in [-0.2, -0.15) is 0 Å². The second-order valence-electron chi connectivity index (χ2n) is 4.42. The Kier molecular flexibility index (Phi) is 5.26. The van der Waals surface area contributed by atoms with Crippen LogP contribution >= 0.6 is 0 Å². The van der Waals surface area contributed by atoms with Gasteiger partial charge in [-0.05, 0) is 18.2 Å². The van der Waals surface area contributed by atoms with Crippen LogP contribution in [0.2, 0.25) is 0 Å². The molecule has 2 aromatic rings. The van der Waals surface area contributed by atoms with Crippen LogP contribution in [-0.2, 0) is 0 Å². The number of methoxy groups -OCH3 is 2. The highest BCUT2D eigenvalue weighted by Crippen LogP contribution is 2.29. The van der Waals surface area contributed by atoms with Crippen molar-refractivity contribution < 1.29 is 19.4 Å². The smallest absolute Gasteiger partial charge is 0.271 e. The first-order chi connectivity index (χ1) is 10.7. The van der Waals surface area contributed by atoms with E-state index in [1.807, 2.05) is 0 Å². The van der Waals surface area contributed by atoms with Crippen molar-refractivity contribution in [3.8, 4) is 11.5 Å². The first-order valence-electron chi connectivity index (χ1n) is 6.60. The highest BCUT2D eigenvalue weighted by molar-refractivity contribution is 5.91. The summed E-state index contributed by atoms with van der Waals surface area (Å²) in [5, 5.41) is 12.9. The Morgan fingerprint density at radius 1 is 1.32 bits per heavy atom. The highest BCUT2D eigenvalue weighted by Gasteiger charge is 2.16. The Morgan fingerprint density at radius 2 is 2.14 bits per heavy atom. The molecule has 0 aliphatic carbocycles. The minimum atomic E-state index is -0.939. The topological polar surface area (TPSA) is 93.6 Å². The Bertz CT molecular complexity index is 634. The molecule has 1 atom stereocenters. The maximum atomic E-state index is 11.9. The quantitative estimate of drug-likeness (QED) is 0.825. The van der Waals surface area contributed by atoms with E-state index in [0.29, 0.717) is 17.1 Å². The van der Waals surface area contributed by atoms with E-state index in [1.165, 1.54) is 32.8 Å². The summed E-state index contributed by atoms with van der Waals surface area (Å²) in [6.45, 7) is 0.0128. The van der Waals surface area contributed by atoms with Gasteiger partial charge >= 0.3 is 0 Å². The van der Waals surface area contributed by atoms with Crippen LogP contribution in [0.4, 0.5) is 0 Å². The molecular formula is C15H17N3O4. The Morgan fingerprint density at radius 3 is 2.77 bits per heavy atom. The minimum Gasteiger partial charge on any atom is -0.497 e. The molecule has 0 aliphatic rings. The van der Waals surface area contributed by atoms with Gasteiger partial charge in [-0.3, -0.25) is 9.78 Å². The lowest BCUT2D eigenvalue weighted by Gasteiger charge is -2.16. The molecule has 0 saturated carbocycles. The van der Waals surface area contributed by atoms with Crippen LogP contribution in [-0.4, -0.2) is 41.7 Å². The minimum absolute atomic E-state index is 0.0128. The maximum Gasteiger partial charge on any atom is 0.271 e. The molecule has 1 amide bonds. The van der Waals surface area contributed by atoms with Gasteiger partial charge in [-0.15, -0.1) is 0 Å². The van der Waals surface area contributed by atoms with Crippen LogP contribution in [0, 0.1) is 0 Å². The fraction of sp³-hybridized carbons (Fsp3) is 0.267. The number of nitrogens with one attached hydrogen (secondary N) is 1. The molecule has 2 N–H and O–H groups in total. The normalized spacial score (nSPS) is 11.6. The fourth-order valence-electron chi connectivity index (χ4n) is 1.91. The van der Waals surface area contributed by atoms with Gasteiger partial charge in [0.1, 0.15) is 23.3 Å². The zero-order chi connectivity index (χ0) is 15.9. The van der Waals surface area contributed by atoms with Gasteiger partial charge in [0, 0.05) is 24.5 Å². The molecule has 7 heteroatoms. The molecule has 0 bridgehead atoms. The molecule has 7 nitrogen and oxygen atoms in total. The number of hydrogen-bond acceptors (Lipinski definition) is 6. The number of aliphatic hydroxyl groups is 1. The Hall–Kier alpha value is -2.67. The van der Waals surface area contributed by atoms with Crippen molar-refractivity contribution in [3.05, 3.63) is 48.0 Å². The molecule has 1 unspecified atom stereocenters. The number of carbonyl (C=O) groups excluding carboxylic acids is 1. The summed E-state index contributed by atoms with van der Waals surface area (Å²) in [7, 11) is 3.05. The zero-order valence-electron chi connectivity index (χ0n) is 12.3. The summed E-state index contributed by atoms with van der Waals surface area (Å²) in [5.41, 5.74) is 0.716. The monoisotopic (exact) mass is 303 g/mol. The Balaban J connectivity index is 2.06. The second-order valence-corrected chi connectivity index (χ2v) is 4.42. The first kappa shape index (κ1) is 15.7.